The Bertz CT molecular complexity index is 603. The third kappa shape index (κ3) is 3.77. The molecule has 1 saturated heterocycles. The molecule has 126 valence electrons. The van der Waals surface area contributed by atoms with Gasteiger partial charge in [-0.05, 0) is 58.1 Å². The van der Waals surface area contributed by atoms with Crippen molar-refractivity contribution in [1.29, 1.82) is 0 Å². The number of aryl methyl sites for hydroxylation is 3. The van der Waals surface area contributed by atoms with Gasteiger partial charge >= 0.3 is 0 Å². The van der Waals surface area contributed by atoms with E-state index in [0.29, 0.717) is 0 Å². The number of nitrogens with one attached hydrogen (secondary N) is 1. The lowest BCUT2D eigenvalue weighted by molar-refractivity contribution is 0.729. The minimum atomic E-state index is 1.02. The predicted octanol–water partition coefficient (Wildman–Crippen LogP) is 4.51. The first kappa shape index (κ1) is 17.6. The number of aliphatic imine (C=N–C) groups is 1. The number of benzene rings is 1. The van der Waals surface area contributed by atoms with E-state index in [0.717, 1.165) is 31.8 Å². The summed E-state index contributed by atoms with van der Waals surface area (Å²) in [6.07, 6.45) is 3.42. The van der Waals surface area contributed by atoms with Gasteiger partial charge in [0, 0.05) is 37.1 Å². The fourth-order valence-electron chi connectivity index (χ4n) is 3.64. The van der Waals surface area contributed by atoms with Crippen LogP contribution >= 0.6 is 0 Å². The van der Waals surface area contributed by atoms with Gasteiger partial charge in [-0.15, -0.1) is 0 Å². The molecule has 1 aliphatic rings. The van der Waals surface area contributed by atoms with Crippen molar-refractivity contribution in [3.63, 3.8) is 0 Å². The topological polar surface area (TPSA) is 27.6 Å². The highest BCUT2D eigenvalue weighted by Gasteiger charge is 2.26. The molecule has 23 heavy (non-hydrogen) atoms. The van der Waals surface area contributed by atoms with Crippen molar-refractivity contribution < 1.29 is 0 Å². The Morgan fingerprint density at radius 1 is 1.22 bits per heavy atom. The quantitative estimate of drug-likeness (QED) is 0.885. The first-order valence-electron chi connectivity index (χ1n) is 8.75. The van der Waals surface area contributed by atoms with Crippen molar-refractivity contribution in [2.24, 2.45) is 4.99 Å². The number of hydrogen-bond donors (Lipinski definition) is 1. The van der Waals surface area contributed by atoms with E-state index in [1.807, 2.05) is 7.05 Å². The lowest BCUT2D eigenvalue weighted by Gasteiger charge is -2.35. The molecule has 2 rings (SSSR count). The highest BCUT2D eigenvalue weighted by atomic mass is 15.2. The van der Waals surface area contributed by atoms with Gasteiger partial charge in [0.25, 0.3) is 0 Å². The zero-order chi connectivity index (χ0) is 17.0. The molecule has 0 spiro atoms. The largest absolute Gasteiger partial charge is 0.388 e. The smallest absolute Gasteiger partial charge is 0.132 e. The number of nitrogens with zero attached hydrogens (tertiary/aromatic N) is 2. The van der Waals surface area contributed by atoms with E-state index in [1.54, 1.807) is 0 Å². The van der Waals surface area contributed by atoms with Gasteiger partial charge in [0.1, 0.15) is 5.84 Å². The summed E-state index contributed by atoms with van der Waals surface area (Å²) in [5, 5.41) is 3.55. The van der Waals surface area contributed by atoms with E-state index in [4.69, 9.17) is 0 Å². The van der Waals surface area contributed by atoms with Crippen molar-refractivity contribution in [2.75, 3.05) is 25.0 Å². The number of anilines is 1. The lowest BCUT2D eigenvalue weighted by atomic mass is 9.97. The first-order chi connectivity index (χ1) is 11.0. The molecule has 0 atom stereocenters. The lowest BCUT2D eigenvalue weighted by Crippen LogP contribution is -2.39. The molecule has 1 fully saturated rings. The maximum atomic E-state index is 4.67. The Labute approximate surface area is 141 Å². The van der Waals surface area contributed by atoms with Gasteiger partial charge in [-0.3, -0.25) is 4.99 Å². The zero-order valence-electron chi connectivity index (χ0n) is 15.6. The van der Waals surface area contributed by atoms with Gasteiger partial charge in [0.2, 0.25) is 0 Å². The Kier molecular flexibility index (Phi) is 5.86. The van der Waals surface area contributed by atoms with E-state index in [1.165, 1.54) is 40.1 Å². The first-order valence-corrected chi connectivity index (χ1v) is 8.75. The maximum absolute atomic E-state index is 4.67. The summed E-state index contributed by atoms with van der Waals surface area (Å²) >= 11 is 0. The summed E-state index contributed by atoms with van der Waals surface area (Å²) in [6.45, 7) is 13.0. The molecular formula is C20H31N3. The number of amidine groups is 1. The summed E-state index contributed by atoms with van der Waals surface area (Å²) in [5.74, 6) is 1.13. The molecule has 0 aliphatic carbocycles. The summed E-state index contributed by atoms with van der Waals surface area (Å²) in [5.41, 5.74) is 7.98. The Hall–Kier alpha value is -1.77. The van der Waals surface area contributed by atoms with Crippen LogP contribution in [0.1, 0.15) is 49.8 Å². The number of allylic oxidation sites excluding steroid dienone is 1. The molecule has 3 nitrogen and oxygen atoms in total. The third-order valence-electron chi connectivity index (χ3n) is 4.54. The van der Waals surface area contributed by atoms with E-state index < -0.39 is 0 Å². The van der Waals surface area contributed by atoms with E-state index in [-0.39, 0.29) is 0 Å². The Morgan fingerprint density at radius 2 is 1.87 bits per heavy atom. The summed E-state index contributed by atoms with van der Waals surface area (Å²) < 4.78 is 0. The van der Waals surface area contributed by atoms with Crippen molar-refractivity contribution in [1.82, 2.24) is 5.32 Å². The zero-order valence-corrected chi connectivity index (χ0v) is 15.6. The Balaban J connectivity index is 2.44. The molecular weight excluding hydrogens is 282 g/mol. The molecule has 0 amide bonds. The standard InChI is InChI=1S/C20H31N3/c1-7-10-22-17(5)18-9-8-11-23(20(18)21-6)19-15(3)12-14(2)13-16(19)4/h12-13,22H,7-11H2,1-6H3/b18-17+,21-20?. The van der Waals surface area contributed by atoms with Crippen LogP contribution in [0, 0.1) is 20.8 Å². The van der Waals surface area contributed by atoms with Gasteiger partial charge in [0.15, 0.2) is 0 Å². The molecule has 0 bridgehead atoms. The fourth-order valence-corrected chi connectivity index (χ4v) is 3.64. The monoisotopic (exact) mass is 313 g/mol. The van der Waals surface area contributed by atoms with Crippen molar-refractivity contribution in [3.05, 3.63) is 40.1 Å². The molecule has 0 saturated carbocycles. The van der Waals surface area contributed by atoms with Crippen LogP contribution < -0.4 is 10.2 Å². The minimum Gasteiger partial charge on any atom is -0.388 e. The second-order valence-electron chi connectivity index (χ2n) is 6.58. The van der Waals surface area contributed by atoms with Crippen LogP contribution in [0.25, 0.3) is 0 Å². The molecule has 1 aliphatic heterocycles. The van der Waals surface area contributed by atoms with Crippen LogP contribution in [0.15, 0.2) is 28.4 Å². The molecule has 3 heteroatoms. The summed E-state index contributed by atoms with van der Waals surface area (Å²) in [6, 6.07) is 4.55. The van der Waals surface area contributed by atoms with Crippen molar-refractivity contribution in [2.45, 2.75) is 53.9 Å². The summed E-state index contributed by atoms with van der Waals surface area (Å²) in [4.78, 5) is 7.08. The highest BCUT2D eigenvalue weighted by molar-refractivity contribution is 6.11. The van der Waals surface area contributed by atoms with Crippen molar-refractivity contribution in [3.8, 4) is 0 Å². The van der Waals surface area contributed by atoms with Crippen LogP contribution in [0.2, 0.25) is 0 Å². The highest BCUT2D eigenvalue weighted by Crippen LogP contribution is 2.32. The molecule has 1 heterocycles. The maximum Gasteiger partial charge on any atom is 0.132 e. The van der Waals surface area contributed by atoms with Crippen molar-refractivity contribution >= 4 is 11.5 Å². The van der Waals surface area contributed by atoms with Gasteiger partial charge in [0.05, 0.1) is 0 Å². The number of hydrogen-bond acceptors (Lipinski definition) is 2. The van der Waals surface area contributed by atoms with Gasteiger partial charge in [-0.1, -0.05) is 24.6 Å². The van der Waals surface area contributed by atoms with E-state index in [9.17, 15) is 0 Å². The van der Waals surface area contributed by atoms with Crippen LogP contribution in [-0.4, -0.2) is 26.0 Å². The average Bonchev–Trinajstić information content (AvgIpc) is 2.51. The fraction of sp³-hybridized carbons (Fsp3) is 0.550. The van der Waals surface area contributed by atoms with Gasteiger partial charge in [-0.25, -0.2) is 0 Å². The molecule has 0 aromatic heterocycles. The van der Waals surface area contributed by atoms with Crippen LogP contribution in [0.3, 0.4) is 0 Å². The SMILES string of the molecule is CCCN/C(C)=C1\CCCN(c2c(C)cc(C)cc2C)C1=NC. The number of piperidine rings is 1. The molecule has 1 aromatic carbocycles. The van der Waals surface area contributed by atoms with Crippen LogP contribution in [0.5, 0.6) is 0 Å². The molecule has 0 radical (unpaired) electrons. The molecule has 0 unspecified atom stereocenters. The second kappa shape index (κ2) is 7.67. The van der Waals surface area contributed by atoms with Gasteiger partial charge in [-0.2, -0.15) is 0 Å². The molecule has 1 N–H and O–H groups in total. The van der Waals surface area contributed by atoms with Crippen LogP contribution in [-0.2, 0) is 0 Å². The van der Waals surface area contributed by atoms with Crippen LogP contribution in [0.4, 0.5) is 5.69 Å². The normalized spacial score (nSPS) is 19.2. The van der Waals surface area contributed by atoms with Gasteiger partial charge < -0.3 is 10.2 Å². The third-order valence-corrected chi connectivity index (χ3v) is 4.54. The van der Waals surface area contributed by atoms with E-state index >= 15 is 0 Å². The van der Waals surface area contributed by atoms with E-state index in [2.05, 4.69) is 62.0 Å². The summed E-state index contributed by atoms with van der Waals surface area (Å²) in [7, 11) is 1.92. The predicted molar refractivity (Wildman–Crippen MR) is 102 cm³/mol. The molecule has 1 aromatic rings. The Morgan fingerprint density at radius 3 is 2.43 bits per heavy atom. The minimum absolute atomic E-state index is 1.02. The average molecular weight is 313 g/mol. The second-order valence-corrected chi connectivity index (χ2v) is 6.58. The number of rotatable bonds is 4.